The van der Waals surface area contributed by atoms with E-state index in [2.05, 4.69) is 10.6 Å². The molecule has 0 spiro atoms. The summed E-state index contributed by atoms with van der Waals surface area (Å²) in [6.07, 6.45) is 0. The molecule has 5 nitrogen and oxygen atoms in total. The van der Waals surface area contributed by atoms with Gasteiger partial charge in [-0.05, 0) is 55.3 Å². The second kappa shape index (κ2) is 8.86. The zero-order valence-corrected chi connectivity index (χ0v) is 15.9. The summed E-state index contributed by atoms with van der Waals surface area (Å²) in [6.45, 7) is 3.70. The number of aryl methyl sites for hydroxylation is 2. The lowest BCUT2D eigenvalue weighted by Gasteiger charge is -2.13. The molecule has 0 saturated carbocycles. The Hall–Kier alpha value is -3.60. The van der Waals surface area contributed by atoms with Gasteiger partial charge in [-0.15, -0.1) is 0 Å². The molecule has 0 saturated heterocycles. The van der Waals surface area contributed by atoms with Crippen molar-refractivity contribution in [1.29, 1.82) is 0 Å². The number of anilines is 2. The summed E-state index contributed by atoms with van der Waals surface area (Å²) in [7, 11) is 0. The second-order valence-electron chi connectivity index (χ2n) is 6.47. The van der Waals surface area contributed by atoms with Gasteiger partial charge in [0.15, 0.2) is 6.61 Å². The van der Waals surface area contributed by atoms with E-state index in [-0.39, 0.29) is 18.4 Å². The van der Waals surface area contributed by atoms with Crippen LogP contribution in [0.25, 0.3) is 0 Å². The molecule has 2 N–H and O–H groups in total. The van der Waals surface area contributed by atoms with Crippen LogP contribution in [-0.4, -0.2) is 18.4 Å². The van der Waals surface area contributed by atoms with Crippen molar-refractivity contribution in [3.63, 3.8) is 0 Å². The van der Waals surface area contributed by atoms with Crippen molar-refractivity contribution in [2.75, 3.05) is 17.2 Å². The van der Waals surface area contributed by atoms with E-state index in [1.165, 1.54) is 0 Å². The highest BCUT2D eigenvalue weighted by Gasteiger charge is 2.14. The van der Waals surface area contributed by atoms with Gasteiger partial charge >= 0.3 is 0 Å². The van der Waals surface area contributed by atoms with Crippen LogP contribution in [0.5, 0.6) is 5.75 Å². The van der Waals surface area contributed by atoms with Gasteiger partial charge in [-0.1, -0.05) is 42.5 Å². The minimum absolute atomic E-state index is 0.191. The van der Waals surface area contributed by atoms with Gasteiger partial charge in [0.1, 0.15) is 5.75 Å². The van der Waals surface area contributed by atoms with Crippen molar-refractivity contribution in [2.45, 2.75) is 13.8 Å². The molecule has 3 aromatic rings. The molecule has 3 rings (SSSR count). The minimum atomic E-state index is -0.295. The Morgan fingerprint density at radius 1 is 0.857 bits per heavy atom. The van der Waals surface area contributed by atoms with Crippen molar-refractivity contribution in [2.24, 2.45) is 0 Å². The number of amides is 2. The van der Waals surface area contributed by atoms with Crippen LogP contribution in [-0.2, 0) is 4.79 Å². The zero-order valence-electron chi connectivity index (χ0n) is 15.9. The van der Waals surface area contributed by atoms with Crippen molar-refractivity contribution < 1.29 is 14.3 Å². The quantitative estimate of drug-likeness (QED) is 0.664. The topological polar surface area (TPSA) is 67.4 Å². The monoisotopic (exact) mass is 374 g/mol. The van der Waals surface area contributed by atoms with Gasteiger partial charge in [-0.25, -0.2) is 0 Å². The summed E-state index contributed by atoms with van der Waals surface area (Å²) < 4.78 is 5.63. The Labute approximate surface area is 164 Å². The maximum absolute atomic E-state index is 12.6. The minimum Gasteiger partial charge on any atom is -0.483 e. The summed E-state index contributed by atoms with van der Waals surface area (Å²) in [5, 5.41) is 5.67. The molecule has 0 aromatic heterocycles. The van der Waals surface area contributed by atoms with E-state index < -0.39 is 0 Å². The maximum Gasteiger partial charge on any atom is 0.262 e. The lowest BCUT2D eigenvalue weighted by Crippen LogP contribution is -2.22. The van der Waals surface area contributed by atoms with E-state index in [1.54, 1.807) is 36.4 Å². The highest BCUT2D eigenvalue weighted by molar-refractivity contribution is 6.06. The fraction of sp³-hybridized carbons (Fsp3) is 0.130. The Balaban J connectivity index is 1.65. The van der Waals surface area contributed by atoms with E-state index in [0.29, 0.717) is 17.0 Å². The third-order valence-electron chi connectivity index (χ3n) is 4.19. The first kappa shape index (κ1) is 19.2. The summed E-state index contributed by atoms with van der Waals surface area (Å²) in [6, 6.07) is 21.9. The molecule has 2 amide bonds. The summed E-state index contributed by atoms with van der Waals surface area (Å²) in [4.78, 5) is 24.8. The Morgan fingerprint density at radius 2 is 1.57 bits per heavy atom. The van der Waals surface area contributed by atoms with Gasteiger partial charge in [0.25, 0.3) is 11.8 Å². The molecule has 0 unspecified atom stereocenters. The third-order valence-corrected chi connectivity index (χ3v) is 4.19. The van der Waals surface area contributed by atoms with Crippen LogP contribution in [0.3, 0.4) is 0 Å². The van der Waals surface area contributed by atoms with Crippen LogP contribution >= 0.6 is 0 Å². The van der Waals surface area contributed by atoms with E-state index >= 15 is 0 Å². The number of hydrogen-bond acceptors (Lipinski definition) is 3. The Bertz CT molecular complexity index is 984. The van der Waals surface area contributed by atoms with Crippen LogP contribution in [0.2, 0.25) is 0 Å². The zero-order chi connectivity index (χ0) is 19.9. The highest BCUT2D eigenvalue weighted by atomic mass is 16.5. The Kier molecular flexibility index (Phi) is 6.07. The van der Waals surface area contributed by atoms with Crippen LogP contribution in [0.4, 0.5) is 11.4 Å². The van der Waals surface area contributed by atoms with Gasteiger partial charge < -0.3 is 15.4 Å². The van der Waals surface area contributed by atoms with Crippen molar-refractivity contribution in [3.05, 3.63) is 89.5 Å². The lowest BCUT2D eigenvalue weighted by molar-refractivity contribution is -0.118. The number of ether oxygens (including phenoxy) is 1. The number of carbonyl (C=O) groups excluding carboxylic acids is 2. The molecule has 0 aliphatic carbocycles. The van der Waals surface area contributed by atoms with Crippen LogP contribution in [0, 0.1) is 13.8 Å². The van der Waals surface area contributed by atoms with Gasteiger partial charge in [0.2, 0.25) is 0 Å². The number of nitrogens with one attached hydrogen (secondary N) is 2. The fourth-order valence-electron chi connectivity index (χ4n) is 2.70. The number of benzene rings is 3. The molecule has 0 fully saturated rings. The number of carbonyl (C=O) groups is 2. The summed E-state index contributed by atoms with van der Waals surface area (Å²) >= 11 is 0. The van der Waals surface area contributed by atoms with Gasteiger partial charge in [-0.2, -0.15) is 0 Å². The second-order valence-corrected chi connectivity index (χ2v) is 6.47. The fourth-order valence-corrected chi connectivity index (χ4v) is 2.70. The molecule has 142 valence electrons. The largest absolute Gasteiger partial charge is 0.483 e. The van der Waals surface area contributed by atoms with Crippen molar-refractivity contribution in [3.8, 4) is 5.75 Å². The average Bonchev–Trinajstić information content (AvgIpc) is 2.70. The molecule has 5 heteroatoms. The molecule has 3 aromatic carbocycles. The van der Waals surface area contributed by atoms with Gasteiger partial charge in [0.05, 0.1) is 5.56 Å². The molecule has 0 atom stereocenters. The van der Waals surface area contributed by atoms with Crippen LogP contribution in [0.1, 0.15) is 21.5 Å². The first-order valence-electron chi connectivity index (χ1n) is 8.98. The van der Waals surface area contributed by atoms with Crippen molar-refractivity contribution >= 4 is 23.2 Å². The van der Waals surface area contributed by atoms with E-state index in [0.717, 1.165) is 16.8 Å². The number of rotatable bonds is 6. The predicted molar refractivity (Wildman–Crippen MR) is 111 cm³/mol. The molecule has 0 heterocycles. The van der Waals surface area contributed by atoms with Gasteiger partial charge in [0, 0.05) is 11.4 Å². The summed E-state index contributed by atoms with van der Waals surface area (Å²) in [5.41, 5.74) is 3.84. The van der Waals surface area contributed by atoms with Crippen molar-refractivity contribution in [1.82, 2.24) is 0 Å². The molecule has 0 aliphatic heterocycles. The SMILES string of the molecule is Cc1ccc(C)c(NC(=O)COc2ccccc2C(=O)Nc2ccccc2)c1. The Morgan fingerprint density at radius 3 is 2.36 bits per heavy atom. The van der Waals surface area contributed by atoms with E-state index in [4.69, 9.17) is 4.74 Å². The molecule has 0 aliphatic rings. The number of para-hydroxylation sites is 2. The molecule has 28 heavy (non-hydrogen) atoms. The molecule has 0 radical (unpaired) electrons. The van der Waals surface area contributed by atoms with E-state index in [1.807, 2.05) is 50.2 Å². The first-order valence-corrected chi connectivity index (χ1v) is 8.98. The smallest absolute Gasteiger partial charge is 0.262 e. The predicted octanol–water partition coefficient (Wildman–Crippen LogP) is 4.57. The average molecular weight is 374 g/mol. The van der Waals surface area contributed by atoms with E-state index in [9.17, 15) is 9.59 Å². The number of hydrogen-bond donors (Lipinski definition) is 2. The van der Waals surface area contributed by atoms with Crippen LogP contribution in [0.15, 0.2) is 72.8 Å². The van der Waals surface area contributed by atoms with Crippen LogP contribution < -0.4 is 15.4 Å². The van der Waals surface area contributed by atoms with Gasteiger partial charge in [-0.3, -0.25) is 9.59 Å². The first-order chi connectivity index (χ1) is 13.5. The summed E-state index contributed by atoms with van der Waals surface area (Å²) in [5.74, 6) is -0.226. The third kappa shape index (κ3) is 4.98. The normalized spacial score (nSPS) is 10.2. The molecular formula is C23H22N2O3. The standard InChI is InChI=1S/C23H22N2O3/c1-16-12-13-17(2)20(14-16)25-22(26)15-28-21-11-7-6-10-19(21)23(27)24-18-8-4-3-5-9-18/h3-14H,15H2,1-2H3,(H,24,27)(H,25,26). The molecular weight excluding hydrogens is 352 g/mol. The highest BCUT2D eigenvalue weighted by Crippen LogP contribution is 2.20. The maximum atomic E-state index is 12.6. The lowest BCUT2D eigenvalue weighted by atomic mass is 10.1. The molecule has 0 bridgehead atoms.